The maximum atomic E-state index is 13.4. The van der Waals surface area contributed by atoms with E-state index in [1.54, 1.807) is 12.3 Å². The van der Waals surface area contributed by atoms with Gasteiger partial charge in [-0.15, -0.1) is 0 Å². The van der Waals surface area contributed by atoms with Crippen molar-refractivity contribution in [2.75, 3.05) is 6.61 Å². The SMILES string of the molecule is CCc1ccc(C(=O)CC23CC(NC(=O)COc4ccc(Cl)c(F)c4)(C2)C3)nc1. The number of ketones is 1. The van der Waals surface area contributed by atoms with Crippen molar-refractivity contribution in [1.29, 1.82) is 0 Å². The Kier molecular flexibility index (Phi) is 5.07. The van der Waals surface area contributed by atoms with Crippen molar-refractivity contribution in [2.24, 2.45) is 5.41 Å². The lowest BCUT2D eigenvalue weighted by Crippen LogP contribution is -2.75. The fourth-order valence-electron chi connectivity index (χ4n) is 4.60. The number of hydrogen-bond acceptors (Lipinski definition) is 4. The highest BCUT2D eigenvalue weighted by Crippen LogP contribution is 2.69. The molecule has 1 aromatic carbocycles. The summed E-state index contributed by atoms with van der Waals surface area (Å²) in [5.74, 6) is -0.532. The average molecular weight is 417 g/mol. The Bertz CT molecular complexity index is 941. The highest BCUT2D eigenvalue weighted by atomic mass is 35.5. The smallest absolute Gasteiger partial charge is 0.258 e. The summed E-state index contributed by atoms with van der Waals surface area (Å²) in [6.45, 7) is 1.86. The van der Waals surface area contributed by atoms with E-state index in [-0.39, 0.29) is 40.0 Å². The van der Waals surface area contributed by atoms with E-state index in [0.717, 1.165) is 37.3 Å². The zero-order valence-electron chi connectivity index (χ0n) is 16.1. The third-order valence-electron chi connectivity index (χ3n) is 5.86. The number of nitrogens with one attached hydrogen (secondary N) is 1. The quantitative estimate of drug-likeness (QED) is 0.657. The number of nitrogens with zero attached hydrogens (tertiary/aromatic N) is 1. The van der Waals surface area contributed by atoms with E-state index in [4.69, 9.17) is 16.3 Å². The van der Waals surface area contributed by atoms with Gasteiger partial charge in [0, 0.05) is 24.2 Å². The summed E-state index contributed by atoms with van der Waals surface area (Å²) >= 11 is 5.63. The molecule has 2 bridgehead atoms. The minimum absolute atomic E-state index is 0.00650. The topological polar surface area (TPSA) is 68.3 Å². The van der Waals surface area contributed by atoms with Gasteiger partial charge in [0.1, 0.15) is 17.3 Å². The average Bonchev–Trinajstić information content (AvgIpc) is 2.66. The Balaban J connectivity index is 1.23. The normalized spacial score (nSPS) is 24.2. The van der Waals surface area contributed by atoms with Crippen LogP contribution in [0.15, 0.2) is 36.5 Å². The summed E-state index contributed by atoms with van der Waals surface area (Å²) in [6, 6.07) is 7.79. The Morgan fingerprint density at radius 3 is 2.62 bits per heavy atom. The molecule has 3 saturated carbocycles. The number of ether oxygens (including phenoxy) is 1. The van der Waals surface area contributed by atoms with Gasteiger partial charge in [-0.2, -0.15) is 0 Å². The van der Waals surface area contributed by atoms with Gasteiger partial charge in [-0.05, 0) is 54.9 Å². The number of halogens is 2. The molecular formula is C22H22ClFN2O3. The van der Waals surface area contributed by atoms with Crippen molar-refractivity contribution < 1.29 is 18.7 Å². The third-order valence-corrected chi connectivity index (χ3v) is 6.17. The summed E-state index contributed by atoms with van der Waals surface area (Å²) in [4.78, 5) is 29.0. The molecule has 0 atom stereocenters. The largest absolute Gasteiger partial charge is 0.484 e. The number of benzene rings is 1. The zero-order valence-corrected chi connectivity index (χ0v) is 16.9. The molecule has 7 heteroatoms. The second-order valence-corrected chi connectivity index (χ2v) is 8.64. The van der Waals surface area contributed by atoms with Crippen LogP contribution in [0.3, 0.4) is 0 Å². The van der Waals surface area contributed by atoms with Crippen LogP contribution in [0, 0.1) is 11.2 Å². The number of pyridine rings is 1. The number of aryl methyl sites for hydroxylation is 1. The molecule has 2 aromatic rings. The Hall–Kier alpha value is -2.47. The van der Waals surface area contributed by atoms with Crippen LogP contribution >= 0.6 is 11.6 Å². The van der Waals surface area contributed by atoms with Gasteiger partial charge in [-0.25, -0.2) is 4.39 Å². The van der Waals surface area contributed by atoms with Crippen molar-refractivity contribution in [3.63, 3.8) is 0 Å². The molecule has 1 heterocycles. The van der Waals surface area contributed by atoms with Gasteiger partial charge in [0.15, 0.2) is 12.4 Å². The minimum atomic E-state index is -0.588. The van der Waals surface area contributed by atoms with Gasteiger partial charge >= 0.3 is 0 Å². The number of hydrogen-bond donors (Lipinski definition) is 1. The molecule has 1 amide bonds. The van der Waals surface area contributed by atoms with Crippen LogP contribution < -0.4 is 10.1 Å². The molecular weight excluding hydrogens is 395 g/mol. The van der Waals surface area contributed by atoms with Crippen LogP contribution in [0.5, 0.6) is 5.75 Å². The molecule has 0 aliphatic heterocycles. The number of Topliss-reactive ketones (excluding diaryl/α,β-unsaturated/α-hetero) is 1. The highest BCUT2D eigenvalue weighted by Gasteiger charge is 2.68. The van der Waals surface area contributed by atoms with Crippen molar-refractivity contribution in [2.45, 2.75) is 44.6 Å². The lowest BCUT2D eigenvalue weighted by molar-refractivity contribution is -0.164. The molecule has 3 aliphatic carbocycles. The fourth-order valence-corrected chi connectivity index (χ4v) is 4.71. The first-order chi connectivity index (χ1) is 13.8. The third kappa shape index (κ3) is 3.99. The molecule has 0 spiro atoms. The van der Waals surface area contributed by atoms with Gasteiger partial charge in [-0.3, -0.25) is 14.6 Å². The highest BCUT2D eigenvalue weighted by molar-refractivity contribution is 6.30. The molecule has 5 nitrogen and oxygen atoms in total. The number of carbonyl (C=O) groups is 2. The molecule has 3 fully saturated rings. The Labute approximate surface area is 173 Å². The summed E-state index contributed by atoms with van der Waals surface area (Å²) in [6.07, 6.45) is 5.48. The lowest BCUT2D eigenvalue weighted by Gasteiger charge is -2.70. The van der Waals surface area contributed by atoms with Crippen LogP contribution in [-0.2, 0) is 11.2 Å². The van der Waals surface area contributed by atoms with Crippen LogP contribution in [0.25, 0.3) is 0 Å². The second-order valence-electron chi connectivity index (χ2n) is 8.23. The molecule has 3 aliphatic rings. The first-order valence-electron chi connectivity index (χ1n) is 9.69. The molecule has 1 N–H and O–H groups in total. The molecule has 29 heavy (non-hydrogen) atoms. The van der Waals surface area contributed by atoms with E-state index >= 15 is 0 Å². The van der Waals surface area contributed by atoms with E-state index in [1.165, 1.54) is 12.1 Å². The second kappa shape index (κ2) is 7.41. The van der Waals surface area contributed by atoms with Crippen molar-refractivity contribution in [1.82, 2.24) is 10.3 Å². The minimum Gasteiger partial charge on any atom is -0.484 e. The van der Waals surface area contributed by atoms with E-state index in [9.17, 15) is 14.0 Å². The van der Waals surface area contributed by atoms with Crippen LogP contribution in [-0.4, -0.2) is 28.8 Å². The van der Waals surface area contributed by atoms with E-state index in [1.807, 2.05) is 13.0 Å². The van der Waals surface area contributed by atoms with Crippen LogP contribution in [0.4, 0.5) is 4.39 Å². The van der Waals surface area contributed by atoms with Crippen molar-refractivity contribution in [3.05, 3.63) is 58.6 Å². The van der Waals surface area contributed by atoms with Gasteiger partial charge < -0.3 is 10.1 Å². The maximum Gasteiger partial charge on any atom is 0.258 e. The summed E-state index contributed by atoms with van der Waals surface area (Å²) in [5, 5.41) is 3.00. The fraction of sp³-hybridized carbons (Fsp3) is 0.409. The molecule has 1 aromatic heterocycles. The number of rotatable bonds is 8. The first-order valence-corrected chi connectivity index (χ1v) is 10.1. The van der Waals surface area contributed by atoms with Gasteiger partial charge in [0.05, 0.1) is 5.02 Å². The zero-order chi connectivity index (χ0) is 20.6. The Morgan fingerprint density at radius 2 is 2.00 bits per heavy atom. The molecule has 5 rings (SSSR count). The lowest BCUT2D eigenvalue weighted by atomic mass is 9.38. The standard InChI is InChI=1S/C22H22ClFN2O3/c1-2-14-3-6-18(25-9-14)19(27)8-21-11-22(12-21,13-21)26-20(28)10-29-15-4-5-16(23)17(24)7-15/h3-7,9H,2,8,10-13H2,1H3,(H,26,28). The van der Waals surface area contributed by atoms with Crippen LogP contribution in [0.2, 0.25) is 5.02 Å². The van der Waals surface area contributed by atoms with E-state index in [0.29, 0.717) is 12.1 Å². The van der Waals surface area contributed by atoms with Crippen molar-refractivity contribution >= 4 is 23.3 Å². The molecule has 0 unspecified atom stereocenters. The summed E-state index contributed by atoms with van der Waals surface area (Å²) in [7, 11) is 0. The summed E-state index contributed by atoms with van der Waals surface area (Å²) < 4.78 is 18.7. The monoisotopic (exact) mass is 416 g/mol. The van der Waals surface area contributed by atoms with E-state index < -0.39 is 5.82 Å². The molecule has 0 saturated heterocycles. The van der Waals surface area contributed by atoms with E-state index in [2.05, 4.69) is 10.3 Å². The van der Waals surface area contributed by atoms with Gasteiger partial charge in [0.25, 0.3) is 5.91 Å². The first kappa shape index (κ1) is 19.8. The maximum absolute atomic E-state index is 13.4. The Morgan fingerprint density at radius 1 is 1.24 bits per heavy atom. The van der Waals surface area contributed by atoms with Gasteiger partial charge in [0.2, 0.25) is 0 Å². The molecule has 0 radical (unpaired) electrons. The van der Waals surface area contributed by atoms with Gasteiger partial charge in [-0.1, -0.05) is 24.6 Å². The predicted octanol–water partition coefficient (Wildman–Crippen LogP) is 4.13. The number of amides is 1. The van der Waals surface area contributed by atoms with Crippen molar-refractivity contribution in [3.8, 4) is 5.75 Å². The number of aromatic nitrogens is 1. The molecule has 152 valence electrons. The predicted molar refractivity (Wildman–Crippen MR) is 107 cm³/mol. The number of carbonyl (C=O) groups excluding carboxylic acids is 2. The van der Waals surface area contributed by atoms with Crippen LogP contribution in [0.1, 0.15) is 48.7 Å². The summed E-state index contributed by atoms with van der Waals surface area (Å²) in [5.41, 5.74) is 1.37.